The van der Waals surface area contributed by atoms with Crippen LogP contribution < -0.4 is 0 Å². The number of halogens is 4. The highest BCUT2D eigenvalue weighted by molar-refractivity contribution is 6.31. The zero-order valence-electron chi connectivity index (χ0n) is 9.31. The summed E-state index contributed by atoms with van der Waals surface area (Å²) in [5.74, 6) is 0. The van der Waals surface area contributed by atoms with Crippen molar-refractivity contribution in [2.45, 2.75) is 19.5 Å². The highest BCUT2D eigenvalue weighted by atomic mass is 35.5. The van der Waals surface area contributed by atoms with Gasteiger partial charge in [0.2, 0.25) is 0 Å². The van der Waals surface area contributed by atoms with Gasteiger partial charge in [0.15, 0.2) is 0 Å². The zero-order valence-corrected chi connectivity index (χ0v) is 10.1. The molecular formula is C11H11ClF3NO. The molecule has 1 aromatic rings. The molecule has 2 nitrogen and oxygen atoms in total. The topological polar surface area (TPSA) is 21.6 Å². The monoisotopic (exact) mass is 265 g/mol. The molecule has 0 N–H and O–H groups in total. The summed E-state index contributed by atoms with van der Waals surface area (Å²) in [4.78, 5) is 4.53. The molecule has 1 rings (SSSR count). The Balaban J connectivity index is 3.39. The second kappa shape index (κ2) is 5.40. The van der Waals surface area contributed by atoms with Gasteiger partial charge in [-0.15, -0.1) is 0 Å². The molecule has 0 bridgehead atoms. The maximum absolute atomic E-state index is 12.8. The fraction of sp³-hybridized carbons (Fsp3) is 0.364. The lowest BCUT2D eigenvalue weighted by molar-refractivity contribution is -0.137. The Labute approximate surface area is 102 Å². The summed E-state index contributed by atoms with van der Waals surface area (Å²) in [6.45, 7) is 1.69. The number of rotatable bonds is 3. The van der Waals surface area contributed by atoms with Crippen molar-refractivity contribution in [2.75, 3.05) is 7.11 Å². The second-order valence-electron chi connectivity index (χ2n) is 3.26. The fourth-order valence-electron chi connectivity index (χ4n) is 1.42. The van der Waals surface area contributed by atoms with E-state index in [1.54, 1.807) is 6.92 Å². The van der Waals surface area contributed by atoms with Crippen LogP contribution >= 0.6 is 11.6 Å². The SMILES string of the molecule is CC/C(=N\OC)c1cc(Cl)ccc1C(F)(F)F. The van der Waals surface area contributed by atoms with Gasteiger partial charge >= 0.3 is 6.18 Å². The molecule has 0 aliphatic rings. The molecule has 6 heteroatoms. The third kappa shape index (κ3) is 3.36. The minimum Gasteiger partial charge on any atom is -0.399 e. The lowest BCUT2D eigenvalue weighted by Crippen LogP contribution is -2.13. The van der Waals surface area contributed by atoms with Crippen LogP contribution in [-0.4, -0.2) is 12.8 Å². The standard InChI is InChI=1S/C11H11ClF3NO/c1-3-10(16-17-2)8-6-7(12)4-5-9(8)11(13,14)15/h4-6H,3H2,1-2H3/b16-10+. The predicted octanol–water partition coefficient (Wildman–Crippen LogP) is 4.12. The minimum absolute atomic E-state index is 0.0469. The Bertz CT molecular complexity index is 429. The van der Waals surface area contributed by atoms with E-state index in [-0.39, 0.29) is 16.3 Å². The Kier molecular flexibility index (Phi) is 4.40. The summed E-state index contributed by atoms with van der Waals surface area (Å²) < 4.78 is 38.3. The Morgan fingerprint density at radius 3 is 2.53 bits per heavy atom. The average Bonchev–Trinajstić information content (AvgIpc) is 2.24. The summed E-state index contributed by atoms with van der Waals surface area (Å²) in [7, 11) is 1.29. The molecule has 0 atom stereocenters. The molecule has 1 aromatic carbocycles. The van der Waals surface area contributed by atoms with E-state index >= 15 is 0 Å². The number of hydrogen-bond acceptors (Lipinski definition) is 2. The van der Waals surface area contributed by atoms with Crippen LogP contribution in [0.2, 0.25) is 5.02 Å². The van der Waals surface area contributed by atoms with E-state index in [9.17, 15) is 13.2 Å². The highest BCUT2D eigenvalue weighted by Crippen LogP contribution is 2.34. The first kappa shape index (κ1) is 13.8. The van der Waals surface area contributed by atoms with Crippen molar-refractivity contribution in [3.63, 3.8) is 0 Å². The lowest BCUT2D eigenvalue weighted by Gasteiger charge is -2.13. The van der Waals surface area contributed by atoms with Gasteiger partial charge in [0.05, 0.1) is 11.3 Å². The van der Waals surface area contributed by atoms with Gasteiger partial charge in [0, 0.05) is 10.6 Å². The van der Waals surface area contributed by atoms with Crippen molar-refractivity contribution < 1.29 is 18.0 Å². The number of benzene rings is 1. The molecule has 17 heavy (non-hydrogen) atoms. The summed E-state index contributed by atoms with van der Waals surface area (Å²) in [6.07, 6.45) is -4.12. The number of alkyl halides is 3. The zero-order chi connectivity index (χ0) is 13.1. The number of hydrogen-bond donors (Lipinski definition) is 0. The molecule has 0 heterocycles. The Morgan fingerprint density at radius 2 is 2.06 bits per heavy atom. The molecule has 0 amide bonds. The average molecular weight is 266 g/mol. The molecule has 0 unspecified atom stereocenters. The molecule has 0 spiro atoms. The van der Waals surface area contributed by atoms with Crippen LogP contribution in [0.1, 0.15) is 24.5 Å². The lowest BCUT2D eigenvalue weighted by atomic mass is 10.0. The van der Waals surface area contributed by atoms with Crippen molar-refractivity contribution >= 4 is 17.3 Å². The van der Waals surface area contributed by atoms with Gasteiger partial charge in [0.1, 0.15) is 7.11 Å². The summed E-state index contributed by atoms with van der Waals surface area (Å²) >= 11 is 5.70. The van der Waals surface area contributed by atoms with E-state index in [0.717, 1.165) is 6.07 Å². The van der Waals surface area contributed by atoms with E-state index in [2.05, 4.69) is 9.99 Å². The van der Waals surface area contributed by atoms with E-state index in [1.807, 2.05) is 0 Å². The second-order valence-corrected chi connectivity index (χ2v) is 3.70. The first-order valence-corrected chi connectivity index (χ1v) is 5.25. The molecular weight excluding hydrogens is 255 g/mol. The van der Waals surface area contributed by atoms with Gasteiger partial charge < -0.3 is 4.84 Å². The number of oxime groups is 1. The molecule has 0 aliphatic carbocycles. The van der Waals surface area contributed by atoms with Crippen molar-refractivity contribution in [3.05, 3.63) is 34.3 Å². The summed E-state index contributed by atoms with van der Waals surface area (Å²) in [5, 5.41) is 3.81. The van der Waals surface area contributed by atoms with Gasteiger partial charge in [-0.2, -0.15) is 13.2 Å². The minimum atomic E-state index is -4.44. The van der Waals surface area contributed by atoms with E-state index < -0.39 is 11.7 Å². The summed E-state index contributed by atoms with van der Waals surface area (Å²) in [6, 6.07) is 3.39. The van der Waals surface area contributed by atoms with Crippen LogP contribution in [0.15, 0.2) is 23.4 Å². The molecule has 94 valence electrons. The maximum Gasteiger partial charge on any atom is 0.417 e. The smallest absolute Gasteiger partial charge is 0.399 e. The molecule has 0 aliphatic heterocycles. The third-order valence-corrected chi connectivity index (χ3v) is 2.37. The third-order valence-electron chi connectivity index (χ3n) is 2.13. The van der Waals surface area contributed by atoms with Gasteiger partial charge in [-0.1, -0.05) is 23.7 Å². The molecule has 0 aromatic heterocycles. The molecule has 0 saturated heterocycles. The van der Waals surface area contributed by atoms with Gasteiger partial charge in [-0.25, -0.2) is 0 Å². The number of nitrogens with zero attached hydrogens (tertiary/aromatic N) is 1. The fourth-order valence-corrected chi connectivity index (χ4v) is 1.59. The van der Waals surface area contributed by atoms with Crippen molar-refractivity contribution in [3.8, 4) is 0 Å². The van der Waals surface area contributed by atoms with Crippen LogP contribution in [0.25, 0.3) is 0 Å². The highest BCUT2D eigenvalue weighted by Gasteiger charge is 2.34. The van der Waals surface area contributed by atoms with Gasteiger partial charge in [-0.3, -0.25) is 0 Å². The van der Waals surface area contributed by atoms with Crippen LogP contribution in [0.3, 0.4) is 0 Å². The van der Waals surface area contributed by atoms with Crippen LogP contribution in [0.4, 0.5) is 13.2 Å². The van der Waals surface area contributed by atoms with Gasteiger partial charge in [-0.05, 0) is 24.6 Å². The maximum atomic E-state index is 12.8. The first-order chi connectivity index (χ1) is 7.90. The van der Waals surface area contributed by atoms with E-state index in [0.29, 0.717) is 6.42 Å². The van der Waals surface area contributed by atoms with Crippen molar-refractivity contribution in [2.24, 2.45) is 5.16 Å². The molecule has 0 radical (unpaired) electrons. The van der Waals surface area contributed by atoms with E-state index in [1.165, 1.54) is 19.2 Å². The molecule has 0 saturated carbocycles. The predicted molar refractivity (Wildman–Crippen MR) is 60.3 cm³/mol. The largest absolute Gasteiger partial charge is 0.417 e. The molecule has 0 fully saturated rings. The van der Waals surface area contributed by atoms with Crippen molar-refractivity contribution in [1.82, 2.24) is 0 Å². The first-order valence-electron chi connectivity index (χ1n) is 4.87. The van der Waals surface area contributed by atoms with Crippen LogP contribution in [0, 0.1) is 0 Å². The van der Waals surface area contributed by atoms with Crippen molar-refractivity contribution in [1.29, 1.82) is 0 Å². The van der Waals surface area contributed by atoms with Gasteiger partial charge in [0.25, 0.3) is 0 Å². The normalized spacial score (nSPS) is 12.7. The Hall–Kier alpha value is -1.23. The van der Waals surface area contributed by atoms with E-state index in [4.69, 9.17) is 11.6 Å². The Morgan fingerprint density at radius 1 is 1.41 bits per heavy atom. The van der Waals surface area contributed by atoms with Crippen LogP contribution in [0.5, 0.6) is 0 Å². The summed E-state index contributed by atoms with van der Waals surface area (Å²) in [5.41, 5.74) is -0.601. The van der Waals surface area contributed by atoms with Crippen LogP contribution in [-0.2, 0) is 11.0 Å². The quantitative estimate of drug-likeness (QED) is 0.595.